The van der Waals surface area contributed by atoms with Crippen molar-refractivity contribution in [3.8, 4) is 0 Å². The van der Waals surface area contributed by atoms with E-state index in [0.29, 0.717) is 6.04 Å². The highest BCUT2D eigenvalue weighted by Crippen LogP contribution is 2.26. The number of anilines is 3. The van der Waals surface area contributed by atoms with Gasteiger partial charge in [0.05, 0.1) is 0 Å². The lowest BCUT2D eigenvalue weighted by Gasteiger charge is -2.29. The lowest BCUT2D eigenvalue weighted by Crippen LogP contribution is -2.31. The maximum atomic E-state index is 4.57. The zero-order valence-electron chi connectivity index (χ0n) is 17.7. The third kappa shape index (κ3) is 5.83. The molecule has 0 amide bonds. The molecule has 152 valence electrons. The van der Waals surface area contributed by atoms with Crippen molar-refractivity contribution in [2.75, 3.05) is 49.9 Å². The third-order valence-corrected chi connectivity index (χ3v) is 5.49. The van der Waals surface area contributed by atoms with Crippen molar-refractivity contribution in [1.82, 2.24) is 15.3 Å². The first kappa shape index (κ1) is 20.4. The minimum atomic E-state index is 0.479. The molecule has 1 fully saturated rings. The predicted octanol–water partition coefficient (Wildman–Crippen LogP) is 3.37. The van der Waals surface area contributed by atoms with Gasteiger partial charge in [-0.2, -0.15) is 4.98 Å². The molecule has 0 atom stereocenters. The molecule has 28 heavy (non-hydrogen) atoms. The lowest BCUT2D eigenvalue weighted by molar-refractivity contribution is 0.324. The van der Waals surface area contributed by atoms with Crippen LogP contribution in [0.25, 0.3) is 0 Å². The lowest BCUT2D eigenvalue weighted by atomic mass is 9.86. The monoisotopic (exact) mass is 382 g/mol. The van der Waals surface area contributed by atoms with E-state index in [1.807, 2.05) is 31.3 Å². The van der Waals surface area contributed by atoms with Gasteiger partial charge in [0.25, 0.3) is 0 Å². The summed E-state index contributed by atoms with van der Waals surface area (Å²) in [6.07, 6.45) is 6.68. The first-order chi connectivity index (χ1) is 13.5. The summed E-state index contributed by atoms with van der Waals surface area (Å²) in [5.74, 6) is 2.44. The highest BCUT2D eigenvalue weighted by molar-refractivity contribution is 5.46. The highest BCUT2D eigenvalue weighted by Gasteiger charge is 2.21. The summed E-state index contributed by atoms with van der Waals surface area (Å²) < 4.78 is 0. The van der Waals surface area contributed by atoms with Crippen molar-refractivity contribution in [1.29, 1.82) is 0 Å². The summed E-state index contributed by atoms with van der Waals surface area (Å²) >= 11 is 0. The van der Waals surface area contributed by atoms with Crippen molar-refractivity contribution in [2.45, 2.75) is 38.3 Å². The number of hydrogen-bond donors (Lipinski definition) is 2. The Balaban J connectivity index is 1.38. The van der Waals surface area contributed by atoms with Crippen molar-refractivity contribution in [2.24, 2.45) is 5.92 Å². The molecule has 0 unspecified atom stereocenters. The molecule has 1 aromatic carbocycles. The first-order valence-electron chi connectivity index (χ1n) is 10.2. The predicted molar refractivity (Wildman–Crippen MR) is 118 cm³/mol. The Hall–Kier alpha value is -2.34. The van der Waals surface area contributed by atoms with Gasteiger partial charge in [0.2, 0.25) is 5.95 Å². The van der Waals surface area contributed by atoms with Crippen LogP contribution in [0.3, 0.4) is 0 Å². The number of nitrogens with zero attached hydrogens (tertiary/aromatic N) is 4. The molecule has 3 rings (SSSR count). The molecule has 6 nitrogen and oxygen atoms in total. The maximum absolute atomic E-state index is 4.57. The van der Waals surface area contributed by atoms with E-state index in [9.17, 15) is 0 Å². The second-order valence-corrected chi connectivity index (χ2v) is 8.19. The Morgan fingerprint density at radius 1 is 0.929 bits per heavy atom. The van der Waals surface area contributed by atoms with Gasteiger partial charge < -0.3 is 20.4 Å². The molecule has 1 aromatic heterocycles. The zero-order valence-corrected chi connectivity index (χ0v) is 17.7. The minimum absolute atomic E-state index is 0.479. The van der Waals surface area contributed by atoms with Gasteiger partial charge in [-0.25, -0.2) is 4.98 Å². The van der Waals surface area contributed by atoms with Crippen LogP contribution >= 0.6 is 0 Å². The molecule has 6 heteroatoms. The quantitative estimate of drug-likeness (QED) is 0.730. The van der Waals surface area contributed by atoms with Crippen molar-refractivity contribution < 1.29 is 0 Å². The molecular weight excluding hydrogens is 348 g/mol. The Morgan fingerprint density at radius 2 is 1.64 bits per heavy atom. The topological polar surface area (TPSA) is 56.3 Å². The number of rotatable bonds is 8. The van der Waals surface area contributed by atoms with E-state index in [1.54, 1.807) is 0 Å². The van der Waals surface area contributed by atoms with E-state index in [4.69, 9.17) is 0 Å². The smallest absolute Gasteiger partial charge is 0.224 e. The number of aromatic nitrogens is 2. The van der Waals surface area contributed by atoms with E-state index >= 15 is 0 Å². The number of hydrogen-bond acceptors (Lipinski definition) is 6. The average molecular weight is 383 g/mol. The number of nitrogens with one attached hydrogen (secondary N) is 2. The Bertz CT molecular complexity index is 720. The molecule has 1 aliphatic carbocycles. The number of benzene rings is 1. The summed E-state index contributed by atoms with van der Waals surface area (Å²) in [4.78, 5) is 13.1. The van der Waals surface area contributed by atoms with E-state index in [-0.39, 0.29) is 0 Å². The van der Waals surface area contributed by atoms with Crippen LogP contribution in [0.2, 0.25) is 0 Å². The van der Waals surface area contributed by atoms with E-state index in [0.717, 1.165) is 30.8 Å². The second kappa shape index (κ2) is 9.73. The van der Waals surface area contributed by atoms with Crippen molar-refractivity contribution in [3.63, 3.8) is 0 Å². The Morgan fingerprint density at radius 3 is 2.29 bits per heavy atom. The molecule has 0 radical (unpaired) electrons. The van der Waals surface area contributed by atoms with E-state index in [2.05, 4.69) is 63.9 Å². The Labute approximate surface area is 169 Å². The summed E-state index contributed by atoms with van der Waals surface area (Å²) in [7, 11) is 8.15. The van der Waals surface area contributed by atoms with Crippen LogP contribution in [0.4, 0.5) is 17.5 Å². The highest BCUT2D eigenvalue weighted by atomic mass is 15.2. The SMILES string of the molecule is CN(C)c1ccc(CNCC2CCC(Nc3nccc(N(C)C)n3)CC2)cc1. The van der Waals surface area contributed by atoms with Gasteiger partial charge in [-0.3, -0.25) is 0 Å². The van der Waals surface area contributed by atoms with Crippen LogP contribution in [0, 0.1) is 5.92 Å². The molecule has 2 N–H and O–H groups in total. The fourth-order valence-electron chi connectivity index (χ4n) is 3.69. The third-order valence-electron chi connectivity index (χ3n) is 5.49. The normalized spacial score (nSPS) is 19.3. The Kier molecular flexibility index (Phi) is 7.09. The molecule has 1 heterocycles. The van der Waals surface area contributed by atoms with E-state index < -0.39 is 0 Å². The van der Waals surface area contributed by atoms with Crippen molar-refractivity contribution in [3.05, 3.63) is 42.1 Å². The van der Waals surface area contributed by atoms with Crippen LogP contribution in [-0.2, 0) is 6.54 Å². The van der Waals surface area contributed by atoms with Crippen LogP contribution < -0.4 is 20.4 Å². The molecule has 0 bridgehead atoms. The second-order valence-electron chi connectivity index (χ2n) is 8.19. The molecule has 2 aromatic rings. The fourth-order valence-corrected chi connectivity index (χ4v) is 3.69. The van der Waals surface area contributed by atoms with Gasteiger partial charge in [0.1, 0.15) is 5.82 Å². The van der Waals surface area contributed by atoms with Gasteiger partial charge in [-0.05, 0) is 61.9 Å². The molecule has 0 spiro atoms. The van der Waals surface area contributed by atoms with Crippen LogP contribution in [0.1, 0.15) is 31.2 Å². The van der Waals surface area contributed by atoms with Crippen LogP contribution in [0.15, 0.2) is 36.5 Å². The summed E-state index contributed by atoms with van der Waals surface area (Å²) in [5.41, 5.74) is 2.59. The largest absolute Gasteiger partial charge is 0.378 e. The molecule has 0 saturated heterocycles. The molecular formula is C22H34N6. The van der Waals surface area contributed by atoms with Gasteiger partial charge in [0, 0.05) is 52.7 Å². The van der Waals surface area contributed by atoms with E-state index in [1.165, 1.54) is 36.9 Å². The maximum Gasteiger partial charge on any atom is 0.224 e. The molecule has 1 aliphatic rings. The minimum Gasteiger partial charge on any atom is -0.378 e. The summed E-state index contributed by atoms with van der Waals surface area (Å²) in [6, 6.07) is 11.2. The summed E-state index contributed by atoms with van der Waals surface area (Å²) in [5, 5.41) is 7.16. The van der Waals surface area contributed by atoms with Crippen LogP contribution in [0.5, 0.6) is 0 Å². The van der Waals surface area contributed by atoms with Gasteiger partial charge in [-0.15, -0.1) is 0 Å². The summed E-state index contributed by atoms with van der Waals surface area (Å²) in [6.45, 7) is 2.03. The van der Waals surface area contributed by atoms with Gasteiger partial charge in [-0.1, -0.05) is 12.1 Å². The standard InChI is InChI=1S/C22H34N6/c1-27(2)20-11-7-18(8-12-20)16-23-15-17-5-9-19(10-6-17)25-22-24-14-13-21(26-22)28(3)4/h7-8,11-14,17,19,23H,5-6,9-10,15-16H2,1-4H3,(H,24,25,26). The fraction of sp³-hybridized carbons (Fsp3) is 0.545. The van der Waals surface area contributed by atoms with Gasteiger partial charge in [0.15, 0.2) is 0 Å². The van der Waals surface area contributed by atoms with Gasteiger partial charge >= 0.3 is 0 Å². The van der Waals surface area contributed by atoms with Crippen molar-refractivity contribution >= 4 is 17.5 Å². The first-order valence-corrected chi connectivity index (χ1v) is 10.2. The molecule has 0 aliphatic heterocycles. The van der Waals surface area contributed by atoms with Crippen LogP contribution in [-0.4, -0.2) is 50.7 Å². The molecule has 1 saturated carbocycles. The zero-order chi connectivity index (χ0) is 19.9. The average Bonchev–Trinajstić information content (AvgIpc) is 2.70.